The second kappa shape index (κ2) is 10.2. The summed E-state index contributed by atoms with van der Waals surface area (Å²) in [5.74, 6) is 1.61. The van der Waals surface area contributed by atoms with Crippen LogP contribution in [-0.4, -0.2) is 55.8 Å². The number of benzene rings is 2. The topological polar surface area (TPSA) is 107 Å². The van der Waals surface area contributed by atoms with Crippen LogP contribution in [0.5, 0.6) is 0 Å². The minimum atomic E-state index is -0.571. The third-order valence-electron chi connectivity index (χ3n) is 8.79. The Morgan fingerprint density at radius 1 is 1.07 bits per heavy atom. The number of aromatic nitrogens is 3. The summed E-state index contributed by atoms with van der Waals surface area (Å²) < 4.78 is 10.2. The maximum absolute atomic E-state index is 13.9. The van der Waals surface area contributed by atoms with Gasteiger partial charge in [0.1, 0.15) is 5.60 Å². The molecule has 9 nitrogen and oxygen atoms in total. The van der Waals surface area contributed by atoms with Crippen molar-refractivity contribution in [3.63, 3.8) is 0 Å². The number of amides is 2. The molecular formula is C33H40N6O3. The Morgan fingerprint density at radius 2 is 1.88 bits per heavy atom. The summed E-state index contributed by atoms with van der Waals surface area (Å²) in [4.78, 5) is 33.3. The first-order chi connectivity index (χ1) is 20.1. The number of rotatable bonds is 5. The highest BCUT2D eigenvalue weighted by Crippen LogP contribution is 2.39. The molecule has 2 amide bonds. The first-order valence-corrected chi connectivity index (χ1v) is 15.3. The van der Waals surface area contributed by atoms with Crippen molar-refractivity contribution in [2.45, 2.75) is 83.6 Å². The number of carbonyl (C=O) groups excluding carboxylic acids is 2. The van der Waals surface area contributed by atoms with Crippen LogP contribution in [0, 0.1) is 5.92 Å². The Hall–Kier alpha value is -3.85. The summed E-state index contributed by atoms with van der Waals surface area (Å²) in [6.45, 7) is 8.41. The van der Waals surface area contributed by atoms with Crippen molar-refractivity contribution in [1.29, 1.82) is 0 Å². The average molecular weight is 569 g/mol. The van der Waals surface area contributed by atoms with E-state index in [9.17, 15) is 9.59 Å². The van der Waals surface area contributed by atoms with Gasteiger partial charge >= 0.3 is 6.09 Å². The zero-order valence-corrected chi connectivity index (χ0v) is 24.7. The number of para-hydroxylation sites is 1. The maximum Gasteiger partial charge on any atom is 0.407 e. The zero-order valence-electron chi connectivity index (χ0n) is 24.7. The minimum Gasteiger partial charge on any atom is -0.444 e. The highest BCUT2D eigenvalue weighted by Gasteiger charge is 2.31. The van der Waals surface area contributed by atoms with E-state index in [2.05, 4.69) is 44.8 Å². The summed E-state index contributed by atoms with van der Waals surface area (Å²) in [6, 6.07) is 14.4. The predicted octanol–water partition coefficient (Wildman–Crippen LogP) is 5.60. The quantitative estimate of drug-likeness (QED) is 0.326. The number of alkyl carbamates (subject to hydrolysis) is 1. The van der Waals surface area contributed by atoms with E-state index in [1.165, 1.54) is 23.7 Å². The molecule has 4 aromatic rings. The highest BCUT2D eigenvalue weighted by molar-refractivity contribution is 5.99. The van der Waals surface area contributed by atoms with Crippen molar-refractivity contribution >= 4 is 33.9 Å². The molecule has 0 radical (unpaired) electrons. The number of hydrogen-bond acceptors (Lipinski definition) is 5. The van der Waals surface area contributed by atoms with Gasteiger partial charge in [0.15, 0.2) is 5.82 Å². The molecule has 7 rings (SSSR count). The number of nitrogens with one attached hydrogen (secondary N) is 1. The Kier molecular flexibility index (Phi) is 6.53. The minimum absolute atomic E-state index is 0.0550. The molecule has 0 spiro atoms. The monoisotopic (exact) mass is 568 g/mol. The maximum atomic E-state index is 13.9. The second-order valence-electron chi connectivity index (χ2n) is 13.3. The van der Waals surface area contributed by atoms with Crippen LogP contribution in [0.25, 0.3) is 33.5 Å². The lowest BCUT2D eigenvalue weighted by molar-refractivity contribution is 0.0452. The molecule has 2 fully saturated rings. The Bertz CT molecular complexity index is 1690. The van der Waals surface area contributed by atoms with Crippen LogP contribution < -0.4 is 11.1 Å². The fourth-order valence-electron chi connectivity index (χ4n) is 6.63. The Balaban J connectivity index is 1.23. The van der Waals surface area contributed by atoms with Gasteiger partial charge in [-0.1, -0.05) is 18.2 Å². The van der Waals surface area contributed by atoms with Crippen LogP contribution in [0.1, 0.15) is 74.8 Å². The molecule has 42 heavy (non-hydrogen) atoms. The molecule has 3 N–H and O–H groups in total. The van der Waals surface area contributed by atoms with E-state index in [4.69, 9.17) is 15.5 Å². The number of likely N-dealkylation sites (tertiary alicyclic amines) is 1. The van der Waals surface area contributed by atoms with E-state index in [1.54, 1.807) is 0 Å². The van der Waals surface area contributed by atoms with Gasteiger partial charge in [0.25, 0.3) is 5.91 Å². The average Bonchev–Trinajstić information content (AvgIpc) is 3.59. The van der Waals surface area contributed by atoms with Gasteiger partial charge in [0.2, 0.25) is 0 Å². The number of nitrogens with two attached hydrogens (primary N) is 1. The van der Waals surface area contributed by atoms with E-state index in [0.29, 0.717) is 18.7 Å². The van der Waals surface area contributed by atoms with Gasteiger partial charge in [-0.05, 0) is 88.6 Å². The van der Waals surface area contributed by atoms with E-state index in [1.807, 2.05) is 37.8 Å². The van der Waals surface area contributed by atoms with Gasteiger partial charge in [-0.3, -0.25) is 4.79 Å². The summed E-state index contributed by atoms with van der Waals surface area (Å²) in [7, 11) is 0. The van der Waals surface area contributed by atoms with Crippen molar-refractivity contribution in [3.8, 4) is 11.5 Å². The van der Waals surface area contributed by atoms with Gasteiger partial charge in [-0.15, -0.1) is 0 Å². The van der Waals surface area contributed by atoms with E-state index < -0.39 is 11.7 Å². The van der Waals surface area contributed by atoms with E-state index in [0.717, 1.165) is 66.4 Å². The SMILES string of the molecule is CC(C)(C)OC(=O)N[C@@H]1CCCN(C(=O)c2cc3c4c(c2)nc(-c2cc5ccccc5n2CC2CC2)n4CCC3N)C1. The van der Waals surface area contributed by atoms with Gasteiger partial charge in [0.05, 0.1) is 16.7 Å². The van der Waals surface area contributed by atoms with Crippen LogP contribution in [0.15, 0.2) is 42.5 Å². The first-order valence-electron chi connectivity index (χ1n) is 15.3. The van der Waals surface area contributed by atoms with Crippen LogP contribution in [0.2, 0.25) is 0 Å². The predicted molar refractivity (Wildman–Crippen MR) is 163 cm³/mol. The molecule has 1 unspecified atom stereocenters. The lowest BCUT2D eigenvalue weighted by atomic mass is 9.96. The second-order valence-corrected chi connectivity index (χ2v) is 13.3. The third kappa shape index (κ3) is 5.04. The normalized spacial score (nSPS) is 20.7. The fraction of sp³-hybridized carbons (Fsp3) is 0.485. The fourth-order valence-corrected chi connectivity index (χ4v) is 6.63. The molecule has 4 heterocycles. The smallest absolute Gasteiger partial charge is 0.407 e. The number of imidazole rings is 1. The molecule has 1 saturated heterocycles. The largest absolute Gasteiger partial charge is 0.444 e. The number of piperidine rings is 1. The summed E-state index contributed by atoms with van der Waals surface area (Å²) >= 11 is 0. The third-order valence-corrected chi connectivity index (χ3v) is 8.79. The van der Waals surface area contributed by atoms with E-state index >= 15 is 0 Å². The number of aryl methyl sites for hydroxylation is 1. The van der Waals surface area contributed by atoms with Crippen LogP contribution in [0.3, 0.4) is 0 Å². The summed E-state index contributed by atoms with van der Waals surface area (Å²) in [5.41, 5.74) is 11.9. The number of carbonyl (C=O) groups is 2. The summed E-state index contributed by atoms with van der Waals surface area (Å²) in [5, 5.41) is 4.17. The highest BCUT2D eigenvalue weighted by atomic mass is 16.6. The van der Waals surface area contributed by atoms with Crippen molar-refractivity contribution in [2.24, 2.45) is 11.7 Å². The standard InChI is InChI=1S/C33H40N6O3/c1-33(2,3)42-32(41)35-23-8-6-13-37(19-23)31(40)22-15-24-25(34)12-14-38-29(24)26(16-22)36-30(38)28-17-21-7-4-5-9-27(21)39(28)18-20-10-11-20/h4-5,7,9,15-17,20,23,25H,6,8,10-14,18-19,34H2,1-3H3,(H,35,41)/t23-,25?/m1/s1. The Morgan fingerprint density at radius 3 is 2.67 bits per heavy atom. The van der Waals surface area contributed by atoms with Crippen LogP contribution >= 0.6 is 0 Å². The summed E-state index contributed by atoms with van der Waals surface area (Å²) in [6.07, 6.45) is 4.51. The molecular weight excluding hydrogens is 528 g/mol. The molecule has 9 heteroatoms. The molecule has 2 aliphatic heterocycles. The van der Waals surface area contributed by atoms with Gasteiger partial charge in [-0.25, -0.2) is 9.78 Å². The molecule has 3 aliphatic rings. The van der Waals surface area contributed by atoms with Gasteiger partial charge < -0.3 is 29.8 Å². The molecule has 2 aromatic heterocycles. The van der Waals surface area contributed by atoms with Gasteiger partial charge in [0, 0.05) is 54.7 Å². The molecule has 0 bridgehead atoms. The van der Waals surface area contributed by atoms with Crippen LogP contribution in [-0.2, 0) is 17.8 Å². The first kappa shape index (κ1) is 27.0. The molecule has 1 aliphatic carbocycles. The van der Waals surface area contributed by atoms with Crippen molar-refractivity contribution in [1.82, 2.24) is 24.3 Å². The van der Waals surface area contributed by atoms with E-state index in [-0.39, 0.29) is 18.0 Å². The number of fused-ring (bicyclic) bond motifs is 1. The molecule has 1 saturated carbocycles. The van der Waals surface area contributed by atoms with Crippen LogP contribution in [0.4, 0.5) is 4.79 Å². The molecule has 2 atom stereocenters. The lowest BCUT2D eigenvalue weighted by Gasteiger charge is -2.34. The number of ether oxygens (including phenoxy) is 1. The van der Waals surface area contributed by atoms with Crippen molar-refractivity contribution < 1.29 is 14.3 Å². The Labute approximate surface area is 246 Å². The molecule has 220 valence electrons. The number of nitrogens with zero attached hydrogens (tertiary/aromatic N) is 4. The lowest BCUT2D eigenvalue weighted by Crippen LogP contribution is -2.50. The van der Waals surface area contributed by atoms with Crippen molar-refractivity contribution in [2.75, 3.05) is 13.1 Å². The number of hydrogen-bond donors (Lipinski definition) is 2. The molecule has 2 aromatic carbocycles. The van der Waals surface area contributed by atoms with Crippen molar-refractivity contribution in [3.05, 3.63) is 53.6 Å². The van der Waals surface area contributed by atoms with Gasteiger partial charge in [-0.2, -0.15) is 0 Å². The zero-order chi connectivity index (χ0) is 29.2.